The zero-order valence-electron chi connectivity index (χ0n) is 20.8. The number of aromatic nitrogens is 2. The Morgan fingerprint density at radius 2 is 1.92 bits per heavy atom. The molecule has 0 saturated heterocycles. The van der Waals surface area contributed by atoms with Crippen LogP contribution in [0.3, 0.4) is 0 Å². The van der Waals surface area contributed by atoms with E-state index in [4.69, 9.17) is 9.47 Å². The number of thiazole rings is 1. The second-order valence-electron chi connectivity index (χ2n) is 8.48. The van der Waals surface area contributed by atoms with Gasteiger partial charge in [-0.25, -0.2) is 9.79 Å². The monoisotopic (exact) mass is 655 g/mol. The predicted molar refractivity (Wildman–Crippen MR) is 155 cm³/mol. The number of halogens is 2. The van der Waals surface area contributed by atoms with Crippen LogP contribution in [0.4, 0.5) is 0 Å². The first kappa shape index (κ1) is 26.4. The Morgan fingerprint density at radius 1 is 1.16 bits per heavy atom. The number of carbonyl (C=O) groups is 1. The van der Waals surface area contributed by atoms with Crippen molar-refractivity contribution in [3.05, 3.63) is 112 Å². The Hall–Kier alpha value is -3.21. The zero-order chi connectivity index (χ0) is 27.0. The number of ether oxygens (including phenoxy) is 2. The summed E-state index contributed by atoms with van der Waals surface area (Å²) in [7, 11) is 1.58. The summed E-state index contributed by atoms with van der Waals surface area (Å²) in [5.74, 6) is 0.150. The third-order valence-corrected chi connectivity index (χ3v) is 8.30. The van der Waals surface area contributed by atoms with Gasteiger partial charge in [-0.15, -0.1) is 0 Å². The lowest BCUT2D eigenvalue weighted by Gasteiger charge is -2.25. The fraction of sp³-hybridized carbons (Fsp3) is 0.179. The maximum Gasteiger partial charge on any atom is 0.338 e. The van der Waals surface area contributed by atoms with Crippen LogP contribution in [0.15, 0.2) is 90.8 Å². The van der Waals surface area contributed by atoms with E-state index in [0.29, 0.717) is 30.8 Å². The smallest absolute Gasteiger partial charge is 0.338 e. The van der Waals surface area contributed by atoms with Gasteiger partial charge in [0.15, 0.2) is 4.80 Å². The molecular weight excluding hydrogens is 634 g/mol. The van der Waals surface area contributed by atoms with Crippen LogP contribution in [-0.4, -0.2) is 28.8 Å². The van der Waals surface area contributed by atoms with Gasteiger partial charge in [-0.1, -0.05) is 33.3 Å². The number of fused-ring (bicyclic) bond motifs is 1. The first-order valence-electron chi connectivity index (χ1n) is 11.8. The summed E-state index contributed by atoms with van der Waals surface area (Å²) in [4.78, 5) is 32.2. The molecule has 10 heteroatoms. The van der Waals surface area contributed by atoms with Gasteiger partial charge in [0.1, 0.15) is 5.75 Å². The topological polar surface area (TPSA) is 74.8 Å². The number of methoxy groups -OCH3 is 1. The van der Waals surface area contributed by atoms with Crippen molar-refractivity contribution in [3.8, 4) is 11.4 Å². The van der Waals surface area contributed by atoms with Gasteiger partial charge in [0.2, 0.25) is 0 Å². The average molecular weight is 657 g/mol. The van der Waals surface area contributed by atoms with Crippen molar-refractivity contribution in [2.75, 3.05) is 13.7 Å². The second-order valence-corrected chi connectivity index (χ2v) is 11.3. The van der Waals surface area contributed by atoms with E-state index in [0.717, 1.165) is 21.4 Å². The highest BCUT2D eigenvalue weighted by Crippen LogP contribution is 2.35. The molecule has 0 saturated carbocycles. The molecule has 1 aliphatic rings. The molecule has 5 rings (SSSR count). The van der Waals surface area contributed by atoms with Crippen molar-refractivity contribution in [2.45, 2.75) is 19.9 Å². The highest BCUT2D eigenvalue weighted by Gasteiger charge is 2.33. The number of nitrogens with zero attached hydrogens (tertiary/aromatic N) is 3. The van der Waals surface area contributed by atoms with E-state index in [9.17, 15) is 9.59 Å². The van der Waals surface area contributed by atoms with E-state index in [-0.39, 0.29) is 12.2 Å². The standard InChI is InChI=1S/C28H23Br2N3O4S/c1-4-37-27(35)24-16(2)31-28-33(25(24)17-7-12-22(36-3)21(30)14-17)26(34)23(38-28)15-20-6-5-13-32(20)19-10-8-18(29)9-11-19/h5-15,25H,4H2,1-3H3/b23-15+/t25-/m1/s1. The summed E-state index contributed by atoms with van der Waals surface area (Å²) in [6, 6.07) is 16.6. The number of allylic oxidation sites excluding steroid dienone is 1. The van der Waals surface area contributed by atoms with Crippen molar-refractivity contribution in [3.63, 3.8) is 0 Å². The molecule has 38 heavy (non-hydrogen) atoms. The molecule has 0 bridgehead atoms. The first-order valence-corrected chi connectivity index (χ1v) is 14.2. The lowest BCUT2D eigenvalue weighted by molar-refractivity contribution is -0.139. The maximum absolute atomic E-state index is 13.9. The molecule has 0 amide bonds. The van der Waals surface area contributed by atoms with Crippen LogP contribution < -0.4 is 19.6 Å². The number of rotatable bonds is 6. The van der Waals surface area contributed by atoms with Gasteiger partial charge in [-0.05, 0) is 89.9 Å². The summed E-state index contributed by atoms with van der Waals surface area (Å²) in [5, 5.41) is 0. The molecule has 2 aromatic heterocycles. The highest BCUT2D eigenvalue weighted by molar-refractivity contribution is 9.10. The average Bonchev–Trinajstić information content (AvgIpc) is 3.48. The van der Waals surface area contributed by atoms with Gasteiger partial charge in [0, 0.05) is 22.1 Å². The summed E-state index contributed by atoms with van der Waals surface area (Å²) >= 11 is 8.30. The maximum atomic E-state index is 13.9. The lowest BCUT2D eigenvalue weighted by atomic mass is 9.96. The number of hydrogen-bond donors (Lipinski definition) is 0. The van der Waals surface area contributed by atoms with Gasteiger partial charge in [0.25, 0.3) is 5.56 Å². The molecule has 0 fully saturated rings. The van der Waals surface area contributed by atoms with Gasteiger partial charge < -0.3 is 14.0 Å². The fourth-order valence-corrected chi connectivity index (χ4v) is 6.30. The van der Waals surface area contributed by atoms with Gasteiger partial charge in [-0.3, -0.25) is 9.36 Å². The van der Waals surface area contributed by atoms with Crippen LogP contribution in [0.25, 0.3) is 11.8 Å². The molecule has 3 heterocycles. The van der Waals surface area contributed by atoms with Crippen LogP contribution in [0.1, 0.15) is 31.1 Å². The Bertz CT molecular complexity index is 1750. The first-order chi connectivity index (χ1) is 18.3. The molecule has 7 nitrogen and oxygen atoms in total. The molecule has 0 radical (unpaired) electrons. The minimum atomic E-state index is -0.701. The van der Waals surface area contributed by atoms with Crippen LogP contribution in [0.2, 0.25) is 0 Å². The Labute approximate surface area is 239 Å². The quantitative estimate of drug-likeness (QED) is 0.270. The summed E-state index contributed by atoms with van der Waals surface area (Å²) in [6.45, 7) is 3.74. The molecule has 0 aliphatic carbocycles. The largest absolute Gasteiger partial charge is 0.496 e. The van der Waals surface area contributed by atoms with Crippen molar-refractivity contribution in [1.29, 1.82) is 0 Å². The van der Waals surface area contributed by atoms with Gasteiger partial charge in [0.05, 0.1) is 40.0 Å². The highest BCUT2D eigenvalue weighted by atomic mass is 79.9. The Balaban J connectivity index is 1.70. The van der Waals surface area contributed by atoms with E-state index in [1.54, 1.807) is 31.6 Å². The third-order valence-electron chi connectivity index (χ3n) is 6.17. The molecule has 2 aromatic carbocycles. The number of benzene rings is 2. The molecule has 1 aliphatic heterocycles. The molecule has 1 atom stereocenters. The molecular formula is C28H23Br2N3O4S. The van der Waals surface area contributed by atoms with Crippen LogP contribution in [0.5, 0.6) is 5.75 Å². The van der Waals surface area contributed by atoms with Crippen molar-refractivity contribution in [2.24, 2.45) is 4.99 Å². The summed E-state index contributed by atoms with van der Waals surface area (Å²) in [5.41, 5.74) is 3.18. The van der Waals surface area contributed by atoms with E-state index >= 15 is 0 Å². The summed E-state index contributed by atoms with van der Waals surface area (Å²) < 4.78 is 16.6. The van der Waals surface area contributed by atoms with E-state index in [2.05, 4.69) is 36.9 Å². The van der Waals surface area contributed by atoms with Crippen molar-refractivity contribution < 1.29 is 14.3 Å². The van der Waals surface area contributed by atoms with Crippen molar-refractivity contribution in [1.82, 2.24) is 9.13 Å². The SMILES string of the molecule is CCOC(=O)C1=C(C)N=c2s/c(=C/c3cccn3-c3ccc(Br)cc3)c(=O)n2[C@@H]1c1ccc(OC)c(Br)c1. The zero-order valence-corrected chi connectivity index (χ0v) is 24.8. The fourth-order valence-electron chi connectivity index (χ4n) is 4.44. The lowest BCUT2D eigenvalue weighted by Crippen LogP contribution is -2.40. The van der Waals surface area contributed by atoms with Gasteiger partial charge in [-0.2, -0.15) is 0 Å². The molecule has 0 unspecified atom stereocenters. The molecule has 0 spiro atoms. The van der Waals surface area contributed by atoms with E-state index in [1.807, 2.05) is 65.4 Å². The minimum absolute atomic E-state index is 0.214. The van der Waals surface area contributed by atoms with Crippen molar-refractivity contribution >= 4 is 55.2 Å². The third kappa shape index (κ3) is 4.83. The van der Waals surface area contributed by atoms with E-state index in [1.165, 1.54) is 11.3 Å². The number of carbonyl (C=O) groups excluding carboxylic acids is 1. The van der Waals surface area contributed by atoms with Crippen LogP contribution in [0, 0.1) is 0 Å². The van der Waals surface area contributed by atoms with Gasteiger partial charge >= 0.3 is 5.97 Å². The Morgan fingerprint density at radius 3 is 2.61 bits per heavy atom. The second kappa shape index (κ2) is 10.9. The summed E-state index contributed by atoms with van der Waals surface area (Å²) in [6.07, 6.45) is 3.81. The number of esters is 1. The molecule has 194 valence electrons. The van der Waals surface area contributed by atoms with Crippen LogP contribution >= 0.6 is 43.2 Å². The van der Waals surface area contributed by atoms with Crippen LogP contribution in [-0.2, 0) is 9.53 Å². The normalized spacial score (nSPS) is 15.3. The minimum Gasteiger partial charge on any atom is -0.496 e. The molecule has 0 N–H and O–H groups in total. The predicted octanol–water partition coefficient (Wildman–Crippen LogP) is 5.12. The number of hydrogen-bond acceptors (Lipinski definition) is 6. The Kier molecular flexibility index (Phi) is 7.56. The molecule has 4 aromatic rings. The van der Waals surface area contributed by atoms with E-state index < -0.39 is 12.0 Å².